The summed E-state index contributed by atoms with van der Waals surface area (Å²) in [6.45, 7) is 2.06. The number of aromatic nitrogens is 4. The van der Waals surface area contributed by atoms with Gasteiger partial charge in [0, 0.05) is 18.1 Å². The normalized spacial score (nSPS) is 11.1. The minimum Gasteiger partial charge on any atom is -0.321 e. The minimum absolute atomic E-state index is 0.578. The Bertz CT molecular complexity index is 717. The zero-order valence-corrected chi connectivity index (χ0v) is 12.2. The molecule has 0 aliphatic carbocycles. The van der Waals surface area contributed by atoms with Crippen LogP contribution in [-0.2, 0) is 7.05 Å². The Morgan fingerprint density at radius 3 is 2.94 bits per heavy atom. The van der Waals surface area contributed by atoms with Gasteiger partial charge in [-0.15, -0.1) is 11.3 Å². The van der Waals surface area contributed by atoms with E-state index in [0.29, 0.717) is 5.95 Å². The van der Waals surface area contributed by atoms with Gasteiger partial charge in [-0.3, -0.25) is 4.68 Å². The summed E-state index contributed by atoms with van der Waals surface area (Å²) in [5.74, 6) is 0.578. The van der Waals surface area contributed by atoms with Crippen LogP contribution in [0.3, 0.4) is 0 Å². The number of anilines is 2. The SMILES string of the molecule is Cc1sc2cnc(Nc3cnn(C)c3)nc2c1Br. The Morgan fingerprint density at radius 1 is 1.39 bits per heavy atom. The van der Waals surface area contributed by atoms with Crippen molar-refractivity contribution in [3.05, 3.63) is 27.9 Å². The standard InChI is InChI=1S/C11H10BrN5S/c1-6-9(12)10-8(18-6)4-13-11(16-10)15-7-3-14-17(2)5-7/h3-5H,1-2H3,(H,13,15,16). The minimum atomic E-state index is 0.578. The lowest BCUT2D eigenvalue weighted by molar-refractivity contribution is 0.768. The maximum atomic E-state index is 4.50. The molecule has 7 heteroatoms. The van der Waals surface area contributed by atoms with Crippen LogP contribution in [0.5, 0.6) is 0 Å². The van der Waals surface area contributed by atoms with Gasteiger partial charge in [0.2, 0.25) is 5.95 Å². The zero-order chi connectivity index (χ0) is 12.7. The molecule has 0 aromatic carbocycles. The molecule has 3 aromatic heterocycles. The number of rotatable bonds is 2. The third kappa shape index (κ3) is 1.99. The number of fused-ring (bicyclic) bond motifs is 1. The monoisotopic (exact) mass is 323 g/mol. The number of nitrogens with zero attached hydrogens (tertiary/aromatic N) is 4. The van der Waals surface area contributed by atoms with Crippen LogP contribution in [0.25, 0.3) is 10.2 Å². The molecule has 3 rings (SSSR count). The quantitative estimate of drug-likeness (QED) is 0.786. The van der Waals surface area contributed by atoms with Crippen LogP contribution < -0.4 is 5.32 Å². The topological polar surface area (TPSA) is 55.6 Å². The largest absolute Gasteiger partial charge is 0.321 e. The molecule has 18 heavy (non-hydrogen) atoms. The highest BCUT2D eigenvalue weighted by Crippen LogP contribution is 2.33. The molecule has 0 radical (unpaired) electrons. The number of halogens is 1. The fraction of sp³-hybridized carbons (Fsp3) is 0.182. The van der Waals surface area contributed by atoms with E-state index in [1.54, 1.807) is 22.2 Å². The van der Waals surface area contributed by atoms with Crippen LogP contribution >= 0.6 is 27.3 Å². The van der Waals surface area contributed by atoms with Crippen molar-refractivity contribution >= 4 is 49.1 Å². The van der Waals surface area contributed by atoms with Gasteiger partial charge in [-0.2, -0.15) is 5.10 Å². The second-order valence-corrected chi connectivity index (χ2v) is 5.96. The van der Waals surface area contributed by atoms with Gasteiger partial charge in [0.25, 0.3) is 0 Å². The highest BCUT2D eigenvalue weighted by atomic mass is 79.9. The lowest BCUT2D eigenvalue weighted by atomic mass is 10.4. The molecule has 0 unspecified atom stereocenters. The van der Waals surface area contributed by atoms with Gasteiger partial charge < -0.3 is 5.32 Å². The molecule has 0 saturated carbocycles. The Morgan fingerprint density at radius 2 is 2.22 bits per heavy atom. The molecular weight excluding hydrogens is 314 g/mol. The molecule has 0 atom stereocenters. The molecule has 0 spiro atoms. The molecule has 92 valence electrons. The molecule has 5 nitrogen and oxygen atoms in total. The van der Waals surface area contributed by atoms with Crippen LogP contribution in [0.1, 0.15) is 4.88 Å². The number of thiophene rings is 1. The van der Waals surface area contributed by atoms with Crippen molar-refractivity contribution in [2.75, 3.05) is 5.32 Å². The molecule has 3 aromatic rings. The maximum absolute atomic E-state index is 4.50. The van der Waals surface area contributed by atoms with Crippen molar-refractivity contribution in [2.45, 2.75) is 6.92 Å². The molecular formula is C11H10BrN5S. The van der Waals surface area contributed by atoms with Crippen molar-refractivity contribution in [3.8, 4) is 0 Å². The van der Waals surface area contributed by atoms with Gasteiger partial charge in [-0.25, -0.2) is 9.97 Å². The molecule has 0 fully saturated rings. The van der Waals surface area contributed by atoms with E-state index in [9.17, 15) is 0 Å². The first-order chi connectivity index (χ1) is 8.63. The van der Waals surface area contributed by atoms with E-state index >= 15 is 0 Å². The van der Waals surface area contributed by atoms with Gasteiger partial charge in [0.15, 0.2) is 0 Å². The Kier molecular flexibility index (Phi) is 2.79. The fourth-order valence-electron chi connectivity index (χ4n) is 1.65. The summed E-state index contributed by atoms with van der Waals surface area (Å²) in [7, 11) is 1.87. The molecule has 0 aliphatic rings. The summed E-state index contributed by atoms with van der Waals surface area (Å²) >= 11 is 5.23. The summed E-state index contributed by atoms with van der Waals surface area (Å²) in [4.78, 5) is 10.0. The van der Waals surface area contributed by atoms with Gasteiger partial charge >= 0.3 is 0 Å². The zero-order valence-electron chi connectivity index (χ0n) is 9.81. The van der Waals surface area contributed by atoms with Crippen molar-refractivity contribution in [1.29, 1.82) is 0 Å². The van der Waals surface area contributed by atoms with Crippen molar-refractivity contribution in [3.63, 3.8) is 0 Å². The molecule has 0 bridgehead atoms. The molecule has 3 heterocycles. The average Bonchev–Trinajstić information content (AvgIpc) is 2.86. The third-order valence-corrected chi connectivity index (χ3v) is 4.76. The second kappa shape index (κ2) is 4.33. The fourth-order valence-corrected chi connectivity index (χ4v) is 3.20. The number of hydrogen-bond acceptors (Lipinski definition) is 5. The van der Waals surface area contributed by atoms with Gasteiger partial charge in [-0.05, 0) is 22.9 Å². The highest BCUT2D eigenvalue weighted by Gasteiger charge is 2.09. The van der Waals surface area contributed by atoms with E-state index in [-0.39, 0.29) is 0 Å². The van der Waals surface area contributed by atoms with Crippen molar-refractivity contribution in [2.24, 2.45) is 7.05 Å². The number of hydrogen-bond donors (Lipinski definition) is 1. The summed E-state index contributed by atoms with van der Waals surface area (Å²) in [6.07, 6.45) is 5.45. The van der Waals surface area contributed by atoms with Crippen molar-refractivity contribution in [1.82, 2.24) is 19.7 Å². The van der Waals surface area contributed by atoms with E-state index in [1.165, 1.54) is 4.88 Å². The first-order valence-corrected chi connectivity index (χ1v) is 6.92. The van der Waals surface area contributed by atoms with Crippen LogP contribution in [0.15, 0.2) is 23.1 Å². The van der Waals surface area contributed by atoms with E-state index in [1.807, 2.05) is 19.4 Å². The van der Waals surface area contributed by atoms with Crippen LogP contribution in [-0.4, -0.2) is 19.7 Å². The van der Waals surface area contributed by atoms with E-state index in [4.69, 9.17) is 0 Å². The Labute approximate surface area is 116 Å². The summed E-state index contributed by atoms with van der Waals surface area (Å²) in [5.41, 5.74) is 1.82. The van der Waals surface area contributed by atoms with Crippen LogP contribution in [0.2, 0.25) is 0 Å². The smallest absolute Gasteiger partial charge is 0.227 e. The average molecular weight is 324 g/mol. The lowest BCUT2D eigenvalue weighted by Crippen LogP contribution is -1.95. The molecule has 0 saturated heterocycles. The summed E-state index contributed by atoms with van der Waals surface area (Å²) in [6, 6.07) is 0. The van der Waals surface area contributed by atoms with E-state index in [0.717, 1.165) is 20.4 Å². The summed E-state index contributed by atoms with van der Waals surface area (Å²) in [5, 5.41) is 7.22. The predicted octanol–water partition coefficient (Wildman–Crippen LogP) is 3.24. The number of aryl methyl sites for hydroxylation is 2. The van der Waals surface area contributed by atoms with Crippen LogP contribution in [0, 0.1) is 6.92 Å². The van der Waals surface area contributed by atoms with Gasteiger partial charge in [0.05, 0.1) is 27.3 Å². The second-order valence-electron chi connectivity index (χ2n) is 3.91. The first kappa shape index (κ1) is 11.6. The Balaban J connectivity index is 2.00. The predicted molar refractivity (Wildman–Crippen MR) is 76.3 cm³/mol. The molecule has 1 N–H and O–H groups in total. The van der Waals surface area contributed by atoms with Crippen molar-refractivity contribution < 1.29 is 0 Å². The highest BCUT2D eigenvalue weighted by molar-refractivity contribution is 9.10. The van der Waals surface area contributed by atoms with E-state index in [2.05, 4.69) is 43.2 Å². The van der Waals surface area contributed by atoms with E-state index < -0.39 is 0 Å². The Hall–Kier alpha value is -1.47. The van der Waals surface area contributed by atoms with Crippen LogP contribution in [0.4, 0.5) is 11.6 Å². The first-order valence-electron chi connectivity index (χ1n) is 5.31. The number of nitrogens with one attached hydrogen (secondary N) is 1. The van der Waals surface area contributed by atoms with Gasteiger partial charge in [0.1, 0.15) is 5.52 Å². The van der Waals surface area contributed by atoms with Gasteiger partial charge in [-0.1, -0.05) is 0 Å². The maximum Gasteiger partial charge on any atom is 0.227 e. The molecule has 0 amide bonds. The molecule has 0 aliphatic heterocycles. The summed E-state index contributed by atoms with van der Waals surface area (Å²) < 4.78 is 3.85. The third-order valence-electron chi connectivity index (χ3n) is 2.50. The lowest BCUT2D eigenvalue weighted by Gasteiger charge is -2.00.